The molecule has 5 aromatic carbocycles. The summed E-state index contributed by atoms with van der Waals surface area (Å²) in [5.74, 6) is -3.22. The van der Waals surface area contributed by atoms with Crippen LogP contribution in [0.2, 0.25) is 0 Å². The van der Waals surface area contributed by atoms with Gasteiger partial charge in [-0.1, -0.05) is 0 Å². The van der Waals surface area contributed by atoms with E-state index in [4.69, 9.17) is 3.02 Å². The van der Waals surface area contributed by atoms with E-state index < -0.39 is 41.0 Å². The van der Waals surface area contributed by atoms with E-state index in [-0.39, 0.29) is 0 Å². The van der Waals surface area contributed by atoms with Crippen molar-refractivity contribution in [3.8, 4) is 0 Å². The first-order valence-corrected chi connectivity index (χ1v) is 19.3. The molecule has 0 unspecified atom stereocenters. The molecule has 0 saturated carbocycles. The van der Waals surface area contributed by atoms with Crippen molar-refractivity contribution in [3.05, 3.63) is 155 Å². The Bertz CT molecular complexity index is 1480. The first kappa shape index (κ1) is 27.8. The molecule has 202 valence electrons. The third-order valence-electron chi connectivity index (χ3n) is 7.54. The molecule has 40 heavy (non-hydrogen) atoms. The molecule has 0 atom stereocenters. The van der Waals surface area contributed by atoms with Crippen LogP contribution in [0.15, 0.2) is 115 Å². The molecule has 0 aliphatic heterocycles. The van der Waals surface area contributed by atoms with E-state index in [9.17, 15) is 9.18 Å². The average molecular weight is 643 g/mol. The first-order valence-electron chi connectivity index (χ1n) is 13.1. The predicted molar refractivity (Wildman–Crippen MR) is 161 cm³/mol. The molecule has 0 aromatic heterocycles. The van der Waals surface area contributed by atoms with E-state index >= 15 is 4.39 Å². The molecular formula is C35H31F2O2Sb. The molecule has 0 aliphatic rings. The molecule has 0 radical (unpaired) electrons. The summed E-state index contributed by atoms with van der Waals surface area (Å²) in [7, 11) is 0. The van der Waals surface area contributed by atoms with Crippen LogP contribution in [0.1, 0.15) is 32.6 Å². The van der Waals surface area contributed by atoms with Gasteiger partial charge in [-0.3, -0.25) is 0 Å². The molecule has 0 fully saturated rings. The van der Waals surface area contributed by atoms with E-state index in [1.165, 1.54) is 12.1 Å². The molecule has 0 N–H and O–H groups in total. The summed E-state index contributed by atoms with van der Waals surface area (Å²) in [6, 6.07) is 35.8. The van der Waals surface area contributed by atoms with Crippen molar-refractivity contribution >= 4 is 37.8 Å². The zero-order valence-corrected chi connectivity index (χ0v) is 25.5. The van der Waals surface area contributed by atoms with Gasteiger partial charge in [0, 0.05) is 0 Å². The Balaban J connectivity index is 2.01. The molecule has 0 heterocycles. The molecule has 0 saturated heterocycles. The fraction of sp³-hybridized carbons (Fsp3) is 0.114. The van der Waals surface area contributed by atoms with Crippen LogP contribution < -0.4 is 14.0 Å². The van der Waals surface area contributed by atoms with Crippen molar-refractivity contribution in [1.82, 2.24) is 0 Å². The summed E-state index contributed by atoms with van der Waals surface area (Å²) in [6.07, 6.45) is 0. The Labute approximate surface area is 235 Å². The maximum atomic E-state index is 15.1. The van der Waals surface area contributed by atoms with Crippen molar-refractivity contribution in [2.24, 2.45) is 0 Å². The van der Waals surface area contributed by atoms with Crippen LogP contribution in [0, 0.1) is 39.3 Å². The minimum absolute atomic E-state index is 0.434. The van der Waals surface area contributed by atoms with E-state index in [0.717, 1.165) is 42.4 Å². The Morgan fingerprint density at radius 3 is 1.18 bits per heavy atom. The summed E-state index contributed by atoms with van der Waals surface area (Å²) in [5, 5.41) is 0. The molecule has 0 aliphatic carbocycles. The van der Waals surface area contributed by atoms with Gasteiger partial charge in [0.05, 0.1) is 0 Å². The molecule has 0 bridgehead atoms. The summed E-state index contributed by atoms with van der Waals surface area (Å²) in [5.41, 5.74) is 3.78. The van der Waals surface area contributed by atoms with E-state index in [0.29, 0.717) is 0 Å². The zero-order chi connectivity index (χ0) is 28.5. The van der Waals surface area contributed by atoms with Gasteiger partial charge in [0.25, 0.3) is 0 Å². The van der Waals surface area contributed by atoms with Gasteiger partial charge in [-0.15, -0.1) is 0 Å². The quantitative estimate of drug-likeness (QED) is 0.216. The zero-order valence-electron chi connectivity index (χ0n) is 23.0. The van der Waals surface area contributed by atoms with Gasteiger partial charge >= 0.3 is 237 Å². The van der Waals surface area contributed by atoms with Crippen LogP contribution in [0.3, 0.4) is 0 Å². The van der Waals surface area contributed by atoms with E-state index in [1.54, 1.807) is 0 Å². The van der Waals surface area contributed by atoms with Gasteiger partial charge < -0.3 is 0 Å². The summed E-state index contributed by atoms with van der Waals surface area (Å²) in [6.45, 7) is 8.02. The van der Waals surface area contributed by atoms with Crippen LogP contribution in [0.5, 0.6) is 0 Å². The Morgan fingerprint density at radius 2 is 0.850 bits per heavy atom. The number of hydrogen-bond acceptors (Lipinski definition) is 2. The fourth-order valence-corrected chi connectivity index (χ4v) is 21.0. The van der Waals surface area contributed by atoms with Gasteiger partial charge in [0.1, 0.15) is 0 Å². The number of halogens is 2. The van der Waals surface area contributed by atoms with Gasteiger partial charge in [-0.25, -0.2) is 0 Å². The Morgan fingerprint density at radius 1 is 0.525 bits per heavy atom. The number of carbonyl (C=O) groups is 1. The van der Waals surface area contributed by atoms with Gasteiger partial charge in [0.2, 0.25) is 0 Å². The summed E-state index contributed by atoms with van der Waals surface area (Å²) in [4.78, 5) is 14.2. The number of carbonyl (C=O) groups excluding carboxylic acids is 1. The molecular weight excluding hydrogens is 612 g/mol. The molecule has 5 aromatic rings. The van der Waals surface area contributed by atoms with Crippen molar-refractivity contribution in [3.63, 3.8) is 0 Å². The molecule has 5 rings (SSSR count). The van der Waals surface area contributed by atoms with Gasteiger partial charge in [0.15, 0.2) is 0 Å². The topological polar surface area (TPSA) is 26.3 Å². The second kappa shape index (κ2) is 10.7. The third kappa shape index (κ3) is 4.45. The number of hydrogen-bond donors (Lipinski definition) is 0. The van der Waals surface area contributed by atoms with Crippen molar-refractivity contribution in [2.45, 2.75) is 27.7 Å². The van der Waals surface area contributed by atoms with Crippen LogP contribution in [0.4, 0.5) is 8.78 Å². The average Bonchev–Trinajstić information content (AvgIpc) is 2.95. The molecule has 0 amide bonds. The summed E-state index contributed by atoms with van der Waals surface area (Å²) < 4.78 is 39.9. The van der Waals surface area contributed by atoms with Crippen LogP contribution in [0.25, 0.3) is 0 Å². The Hall–Kier alpha value is -3.75. The Kier molecular flexibility index (Phi) is 7.42. The number of benzene rings is 5. The second-order valence-electron chi connectivity index (χ2n) is 10.4. The third-order valence-corrected chi connectivity index (χ3v) is 23.7. The minimum atomic E-state index is -5.64. The molecule has 5 heteroatoms. The maximum absolute atomic E-state index is 15.1. The van der Waals surface area contributed by atoms with Crippen LogP contribution in [-0.2, 0) is 3.02 Å². The van der Waals surface area contributed by atoms with Gasteiger partial charge in [-0.05, 0) is 0 Å². The monoisotopic (exact) mass is 642 g/mol. The predicted octanol–water partition coefficient (Wildman–Crippen LogP) is 5.88. The van der Waals surface area contributed by atoms with E-state index in [1.807, 2.05) is 125 Å². The second-order valence-corrected chi connectivity index (χ2v) is 22.7. The fourth-order valence-electron chi connectivity index (χ4n) is 5.30. The van der Waals surface area contributed by atoms with Crippen LogP contribution in [-0.4, -0.2) is 23.8 Å². The van der Waals surface area contributed by atoms with Crippen molar-refractivity contribution in [1.29, 1.82) is 0 Å². The number of rotatable bonds is 6. The normalized spacial score (nSPS) is 12.4. The van der Waals surface area contributed by atoms with E-state index in [2.05, 4.69) is 0 Å². The van der Waals surface area contributed by atoms with Gasteiger partial charge in [-0.2, -0.15) is 0 Å². The molecule has 2 nitrogen and oxygen atoms in total. The van der Waals surface area contributed by atoms with Crippen molar-refractivity contribution in [2.75, 3.05) is 0 Å². The standard InChI is InChI=1S/C7H4F2O2.4C7H7.Sb/c8-5-3-1-2-4(6(5)9)7(10)11;4*1-7-5-3-2-4-6-7;/h1-3H,(H,10,11);4*3-6H,1H3;/q;;;;;+1/p-1. The molecule has 0 spiro atoms. The van der Waals surface area contributed by atoms with Crippen molar-refractivity contribution < 1.29 is 16.6 Å². The van der Waals surface area contributed by atoms with Crippen LogP contribution >= 0.6 is 0 Å². The number of aryl methyl sites for hydroxylation is 4. The summed E-state index contributed by atoms with van der Waals surface area (Å²) >= 11 is -5.64. The first-order chi connectivity index (χ1) is 19.1. The SMILES string of the molecule is Cc1cc[c]([Sb]([O]C(=O)c2cccc(F)c2F)([c]2ccc(C)cc2)([c]2ccc(C)cc2)[c]2ccc(C)cc2)cc1.